The SMILES string of the molecule is C=C/C(=C\CCCCCCC)C(CCC)C(=O)OCC. The molecule has 0 aliphatic rings. The van der Waals surface area contributed by atoms with Gasteiger partial charge in [0, 0.05) is 0 Å². The van der Waals surface area contributed by atoms with Gasteiger partial charge in [0.15, 0.2) is 0 Å². The molecule has 0 amide bonds. The third kappa shape index (κ3) is 8.19. The molecule has 0 heterocycles. The summed E-state index contributed by atoms with van der Waals surface area (Å²) in [6.07, 6.45) is 13.2. The fraction of sp³-hybridized carbons (Fsp3) is 0.722. The van der Waals surface area contributed by atoms with Crippen LogP contribution in [0.1, 0.15) is 72.1 Å². The van der Waals surface area contributed by atoms with Crippen LogP contribution in [0.5, 0.6) is 0 Å². The van der Waals surface area contributed by atoms with Crippen molar-refractivity contribution in [1.82, 2.24) is 0 Å². The van der Waals surface area contributed by atoms with Crippen molar-refractivity contribution in [3.8, 4) is 0 Å². The Labute approximate surface area is 125 Å². The lowest BCUT2D eigenvalue weighted by molar-refractivity contribution is -0.146. The number of unbranched alkanes of at least 4 members (excludes halogenated alkanes) is 5. The van der Waals surface area contributed by atoms with E-state index in [0.717, 1.165) is 24.8 Å². The van der Waals surface area contributed by atoms with Crippen LogP contribution in [0.25, 0.3) is 0 Å². The Morgan fingerprint density at radius 1 is 1.10 bits per heavy atom. The van der Waals surface area contributed by atoms with Crippen molar-refractivity contribution in [2.24, 2.45) is 5.92 Å². The Morgan fingerprint density at radius 3 is 2.35 bits per heavy atom. The number of carbonyl (C=O) groups excluding carboxylic acids is 1. The third-order valence-electron chi connectivity index (χ3n) is 3.47. The van der Waals surface area contributed by atoms with E-state index in [4.69, 9.17) is 4.74 Å². The molecule has 0 aliphatic heterocycles. The van der Waals surface area contributed by atoms with Gasteiger partial charge in [0.25, 0.3) is 0 Å². The molecule has 0 aromatic rings. The van der Waals surface area contributed by atoms with Gasteiger partial charge >= 0.3 is 5.97 Å². The van der Waals surface area contributed by atoms with E-state index in [0.29, 0.717) is 6.61 Å². The summed E-state index contributed by atoms with van der Waals surface area (Å²) in [5, 5.41) is 0. The Morgan fingerprint density at radius 2 is 1.80 bits per heavy atom. The highest BCUT2D eigenvalue weighted by molar-refractivity contribution is 5.76. The van der Waals surface area contributed by atoms with Crippen molar-refractivity contribution in [3.63, 3.8) is 0 Å². The molecule has 1 unspecified atom stereocenters. The predicted molar refractivity (Wildman–Crippen MR) is 86.7 cm³/mol. The van der Waals surface area contributed by atoms with Gasteiger partial charge in [-0.2, -0.15) is 0 Å². The van der Waals surface area contributed by atoms with Crippen LogP contribution in [-0.2, 0) is 9.53 Å². The molecule has 0 aliphatic carbocycles. The van der Waals surface area contributed by atoms with Crippen molar-refractivity contribution >= 4 is 5.97 Å². The molecule has 0 bridgehead atoms. The van der Waals surface area contributed by atoms with E-state index < -0.39 is 0 Å². The highest BCUT2D eigenvalue weighted by Gasteiger charge is 2.21. The van der Waals surface area contributed by atoms with Crippen LogP contribution in [-0.4, -0.2) is 12.6 Å². The number of hydrogen-bond donors (Lipinski definition) is 0. The number of ether oxygens (including phenoxy) is 1. The van der Waals surface area contributed by atoms with Crippen LogP contribution in [0.3, 0.4) is 0 Å². The first-order valence-electron chi connectivity index (χ1n) is 8.20. The number of rotatable bonds is 12. The summed E-state index contributed by atoms with van der Waals surface area (Å²) < 4.78 is 5.17. The first-order chi connectivity index (χ1) is 9.71. The molecule has 1 atom stereocenters. The van der Waals surface area contributed by atoms with Crippen molar-refractivity contribution in [2.75, 3.05) is 6.61 Å². The Bertz CT molecular complexity index is 292. The van der Waals surface area contributed by atoms with Gasteiger partial charge in [-0.3, -0.25) is 4.79 Å². The minimum Gasteiger partial charge on any atom is -0.466 e. The maximum Gasteiger partial charge on any atom is 0.313 e. The van der Waals surface area contributed by atoms with Gasteiger partial charge in [-0.15, -0.1) is 0 Å². The number of carbonyl (C=O) groups is 1. The van der Waals surface area contributed by atoms with E-state index in [2.05, 4.69) is 26.5 Å². The summed E-state index contributed by atoms with van der Waals surface area (Å²) in [5.41, 5.74) is 1.04. The molecule has 0 saturated carbocycles. The van der Waals surface area contributed by atoms with Crippen LogP contribution in [0.2, 0.25) is 0 Å². The molecule has 0 aromatic heterocycles. The second kappa shape index (κ2) is 13.0. The Kier molecular flexibility index (Phi) is 12.3. The molecule has 0 N–H and O–H groups in total. The number of hydrogen-bond acceptors (Lipinski definition) is 2. The third-order valence-corrected chi connectivity index (χ3v) is 3.47. The lowest BCUT2D eigenvalue weighted by Gasteiger charge is -2.16. The van der Waals surface area contributed by atoms with Crippen LogP contribution in [0.4, 0.5) is 0 Å². The summed E-state index contributed by atoms with van der Waals surface area (Å²) >= 11 is 0. The molecule has 0 rings (SSSR count). The van der Waals surface area contributed by atoms with Gasteiger partial charge in [0.05, 0.1) is 12.5 Å². The van der Waals surface area contributed by atoms with Gasteiger partial charge in [0.1, 0.15) is 0 Å². The first kappa shape index (κ1) is 18.9. The quantitative estimate of drug-likeness (QED) is 0.270. The smallest absolute Gasteiger partial charge is 0.313 e. The molecule has 0 aromatic carbocycles. The summed E-state index contributed by atoms with van der Waals surface area (Å²) in [6, 6.07) is 0. The molecule has 20 heavy (non-hydrogen) atoms. The minimum absolute atomic E-state index is 0.105. The molecule has 2 nitrogen and oxygen atoms in total. The molecular formula is C18H32O2. The average molecular weight is 280 g/mol. The highest BCUT2D eigenvalue weighted by atomic mass is 16.5. The monoisotopic (exact) mass is 280 g/mol. The maximum absolute atomic E-state index is 12.0. The standard InChI is InChI=1S/C18H32O2/c1-5-9-10-11-12-13-15-16(7-3)17(14-6-2)18(19)20-8-4/h7,15,17H,3,5-6,8-14H2,1-2,4H3/b16-15+. The molecular weight excluding hydrogens is 248 g/mol. The topological polar surface area (TPSA) is 26.3 Å². The predicted octanol–water partition coefficient (Wildman–Crippen LogP) is 5.44. The van der Waals surface area contributed by atoms with E-state index in [1.807, 2.05) is 13.0 Å². The van der Waals surface area contributed by atoms with Crippen molar-refractivity contribution in [1.29, 1.82) is 0 Å². The zero-order chi connectivity index (χ0) is 15.2. The van der Waals surface area contributed by atoms with Gasteiger partial charge in [0.2, 0.25) is 0 Å². The maximum atomic E-state index is 12.0. The van der Waals surface area contributed by atoms with Gasteiger partial charge in [-0.1, -0.05) is 64.7 Å². The van der Waals surface area contributed by atoms with E-state index in [1.165, 1.54) is 32.1 Å². The summed E-state index contributed by atoms with van der Waals surface area (Å²) in [6.45, 7) is 10.5. The summed E-state index contributed by atoms with van der Waals surface area (Å²) in [4.78, 5) is 12.0. The second-order valence-corrected chi connectivity index (χ2v) is 5.20. The van der Waals surface area contributed by atoms with Gasteiger partial charge in [-0.05, 0) is 31.8 Å². The fourth-order valence-corrected chi connectivity index (χ4v) is 2.34. The zero-order valence-corrected chi connectivity index (χ0v) is 13.6. The zero-order valence-electron chi connectivity index (χ0n) is 13.6. The van der Waals surface area contributed by atoms with Crippen LogP contribution in [0, 0.1) is 5.92 Å². The van der Waals surface area contributed by atoms with Crippen molar-refractivity contribution < 1.29 is 9.53 Å². The Balaban J connectivity index is 4.40. The van der Waals surface area contributed by atoms with Crippen LogP contribution in [0.15, 0.2) is 24.3 Å². The van der Waals surface area contributed by atoms with E-state index in [-0.39, 0.29) is 11.9 Å². The molecule has 2 heteroatoms. The van der Waals surface area contributed by atoms with Crippen LogP contribution >= 0.6 is 0 Å². The van der Waals surface area contributed by atoms with Crippen LogP contribution < -0.4 is 0 Å². The lowest BCUT2D eigenvalue weighted by atomic mass is 9.93. The first-order valence-corrected chi connectivity index (χ1v) is 8.20. The highest BCUT2D eigenvalue weighted by Crippen LogP contribution is 2.21. The summed E-state index contributed by atoms with van der Waals surface area (Å²) in [5.74, 6) is -0.237. The fourth-order valence-electron chi connectivity index (χ4n) is 2.34. The van der Waals surface area contributed by atoms with Gasteiger partial charge in [-0.25, -0.2) is 0 Å². The van der Waals surface area contributed by atoms with E-state index >= 15 is 0 Å². The average Bonchev–Trinajstić information content (AvgIpc) is 2.45. The minimum atomic E-state index is -0.131. The van der Waals surface area contributed by atoms with Gasteiger partial charge < -0.3 is 4.74 Å². The lowest BCUT2D eigenvalue weighted by Crippen LogP contribution is -2.19. The summed E-state index contributed by atoms with van der Waals surface area (Å²) in [7, 11) is 0. The normalized spacial score (nSPS) is 13.1. The Hall–Kier alpha value is -1.05. The van der Waals surface area contributed by atoms with E-state index in [9.17, 15) is 4.79 Å². The largest absolute Gasteiger partial charge is 0.466 e. The molecule has 116 valence electrons. The van der Waals surface area contributed by atoms with E-state index in [1.54, 1.807) is 0 Å². The molecule has 0 fully saturated rings. The number of allylic oxidation sites excluding steroid dienone is 2. The number of esters is 1. The molecule has 0 spiro atoms. The van der Waals surface area contributed by atoms with Crippen molar-refractivity contribution in [3.05, 3.63) is 24.3 Å². The second-order valence-electron chi connectivity index (χ2n) is 5.20. The molecule has 0 radical (unpaired) electrons. The molecule has 0 saturated heterocycles. The van der Waals surface area contributed by atoms with Crippen molar-refractivity contribution in [2.45, 2.75) is 72.1 Å².